The molecule has 0 radical (unpaired) electrons. The monoisotopic (exact) mass is 365 g/mol. The van der Waals surface area contributed by atoms with Crippen LogP contribution in [0.4, 0.5) is 11.6 Å². The number of nitrogens with zero attached hydrogens (tertiary/aromatic N) is 4. The van der Waals surface area contributed by atoms with Crippen molar-refractivity contribution in [1.82, 2.24) is 19.6 Å². The average Bonchev–Trinajstić information content (AvgIpc) is 3.15. The minimum absolute atomic E-state index is 0.0477. The minimum atomic E-state index is 0.0477. The number of rotatable bonds is 4. The van der Waals surface area contributed by atoms with E-state index in [9.17, 15) is 4.79 Å². The van der Waals surface area contributed by atoms with Crippen LogP contribution in [0.1, 0.15) is 40.5 Å². The van der Waals surface area contributed by atoms with E-state index in [0.717, 1.165) is 28.0 Å². The maximum absolute atomic E-state index is 11.4. The molecule has 3 aromatic heterocycles. The highest BCUT2D eigenvalue weighted by Gasteiger charge is 2.18. The molecule has 0 amide bonds. The van der Waals surface area contributed by atoms with Gasteiger partial charge in [-0.1, -0.05) is 6.92 Å². The lowest BCUT2D eigenvalue weighted by atomic mass is 10.1. The van der Waals surface area contributed by atoms with Gasteiger partial charge in [0.15, 0.2) is 11.4 Å². The average molecular weight is 365 g/mol. The van der Waals surface area contributed by atoms with Crippen molar-refractivity contribution in [2.45, 2.75) is 34.1 Å². The molecule has 7 heteroatoms. The predicted molar refractivity (Wildman–Crippen MR) is 105 cm³/mol. The molecular weight excluding hydrogens is 346 g/mol. The summed E-state index contributed by atoms with van der Waals surface area (Å²) in [4.78, 5) is 23.1. The van der Waals surface area contributed by atoms with Gasteiger partial charge in [-0.2, -0.15) is 4.52 Å². The number of aryl methyl sites for hydroxylation is 3. The van der Waals surface area contributed by atoms with Crippen LogP contribution in [-0.2, 0) is 6.42 Å². The lowest BCUT2D eigenvalue weighted by molar-refractivity contribution is 0.101. The van der Waals surface area contributed by atoms with Crippen LogP contribution in [0.5, 0.6) is 0 Å². The van der Waals surface area contributed by atoms with E-state index in [4.69, 9.17) is 4.98 Å². The van der Waals surface area contributed by atoms with Crippen molar-refractivity contribution >= 4 is 44.6 Å². The number of nitrogens with one attached hydrogen (secondary N) is 1. The number of carbonyl (C=O) groups excluding carboxylic acids is 1. The van der Waals surface area contributed by atoms with Crippen LogP contribution in [0.25, 0.3) is 15.9 Å². The first kappa shape index (κ1) is 16.7. The van der Waals surface area contributed by atoms with Gasteiger partial charge in [0.25, 0.3) is 0 Å². The van der Waals surface area contributed by atoms with Gasteiger partial charge in [0.05, 0.1) is 5.39 Å². The van der Waals surface area contributed by atoms with Crippen LogP contribution < -0.4 is 5.32 Å². The summed E-state index contributed by atoms with van der Waals surface area (Å²) >= 11 is 1.70. The molecule has 0 saturated carbocycles. The van der Waals surface area contributed by atoms with E-state index in [1.54, 1.807) is 34.9 Å². The molecule has 3 heterocycles. The normalized spacial score (nSPS) is 11.4. The van der Waals surface area contributed by atoms with E-state index in [1.165, 1.54) is 10.4 Å². The van der Waals surface area contributed by atoms with Crippen molar-refractivity contribution < 1.29 is 4.79 Å². The van der Waals surface area contributed by atoms with Gasteiger partial charge >= 0.3 is 0 Å². The van der Waals surface area contributed by atoms with Gasteiger partial charge in [-0.15, -0.1) is 16.4 Å². The van der Waals surface area contributed by atoms with Crippen molar-refractivity contribution in [3.63, 3.8) is 0 Å². The van der Waals surface area contributed by atoms with Crippen molar-refractivity contribution in [2.75, 3.05) is 5.32 Å². The SMILES string of the molecule is CCc1sc2nc(Nc3ccc(C(C)=O)cc3)n3nc(C)nc3c2c1C. The van der Waals surface area contributed by atoms with Gasteiger partial charge in [0, 0.05) is 16.1 Å². The number of fused-ring (bicyclic) bond motifs is 3. The van der Waals surface area contributed by atoms with Gasteiger partial charge < -0.3 is 5.32 Å². The van der Waals surface area contributed by atoms with E-state index < -0.39 is 0 Å². The van der Waals surface area contributed by atoms with Crippen molar-refractivity contribution in [2.24, 2.45) is 0 Å². The first-order valence-electron chi connectivity index (χ1n) is 8.51. The molecule has 0 saturated heterocycles. The second kappa shape index (κ2) is 6.17. The Labute approximate surface area is 154 Å². The Morgan fingerprint density at radius 2 is 1.92 bits per heavy atom. The Kier molecular flexibility index (Phi) is 3.96. The lowest BCUT2D eigenvalue weighted by Crippen LogP contribution is -2.03. The fraction of sp³-hybridized carbons (Fsp3) is 0.263. The van der Waals surface area contributed by atoms with E-state index >= 15 is 0 Å². The quantitative estimate of drug-likeness (QED) is 0.540. The number of benzene rings is 1. The predicted octanol–water partition coefficient (Wildman–Crippen LogP) is 4.46. The second-order valence-electron chi connectivity index (χ2n) is 6.27. The molecule has 26 heavy (non-hydrogen) atoms. The van der Waals surface area contributed by atoms with Crippen molar-refractivity contribution in [3.8, 4) is 0 Å². The Balaban J connectivity index is 1.87. The van der Waals surface area contributed by atoms with Gasteiger partial charge in [0.1, 0.15) is 10.7 Å². The molecule has 0 atom stereocenters. The number of thiophene rings is 1. The van der Waals surface area contributed by atoms with Crippen molar-refractivity contribution in [1.29, 1.82) is 0 Å². The Morgan fingerprint density at radius 1 is 1.19 bits per heavy atom. The zero-order chi connectivity index (χ0) is 18.4. The maximum atomic E-state index is 11.4. The highest BCUT2D eigenvalue weighted by molar-refractivity contribution is 7.19. The number of carbonyl (C=O) groups is 1. The first-order valence-corrected chi connectivity index (χ1v) is 9.33. The molecule has 4 aromatic rings. The number of Topliss-reactive ketones (excluding diaryl/α,β-unsaturated/α-hetero) is 1. The van der Waals surface area contributed by atoms with Gasteiger partial charge in [-0.05, 0) is 57.0 Å². The Bertz CT molecular complexity index is 1140. The molecular formula is C19H19N5OS. The zero-order valence-corrected chi connectivity index (χ0v) is 15.9. The second-order valence-corrected chi connectivity index (χ2v) is 7.36. The van der Waals surface area contributed by atoms with Crippen LogP contribution in [-0.4, -0.2) is 25.4 Å². The Morgan fingerprint density at radius 3 is 2.58 bits per heavy atom. The van der Waals surface area contributed by atoms with E-state index in [1.807, 2.05) is 19.1 Å². The molecule has 6 nitrogen and oxygen atoms in total. The fourth-order valence-electron chi connectivity index (χ4n) is 3.09. The molecule has 1 N–H and O–H groups in total. The number of ketones is 1. The third-order valence-electron chi connectivity index (χ3n) is 4.44. The summed E-state index contributed by atoms with van der Waals surface area (Å²) < 4.78 is 1.76. The maximum Gasteiger partial charge on any atom is 0.231 e. The summed E-state index contributed by atoms with van der Waals surface area (Å²) in [6, 6.07) is 7.35. The smallest absolute Gasteiger partial charge is 0.231 e. The zero-order valence-electron chi connectivity index (χ0n) is 15.1. The molecule has 132 valence electrons. The Hall–Kier alpha value is -2.80. The summed E-state index contributed by atoms with van der Waals surface area (Å²) in [5, 5.41) is 8.90. The van der Waals surface area contributed by atoms with Crippen molar-refractivity contribution in [3.05, 3.63) is 46.1 Å². The van der Waals surface area contributed by atoms with E-state index in [0.29, 0.717) is 17.3 Å². The molecule has 4 rings (SSSR count). The molecule has 0 bridgehead atoms. The third-order valence-corrected chi connectivity index (χ3v) is 5.77. The third kappa shape index (κ3) is 2.64. The standard InChI is InChI=1S/C19H19N5OS/c1-5-15-10(2)16-17-20-12(4)23-24(17)19(22-18(16)26-15)21-14-8-6-13(7-9-14)11(3)25/h6-9H,5H2,1-4H3,(H,21,22). The largest absolute Gasteiger partial charge is 0.324 e. The molecule has 0 aliphatic rings. The van der Waals surface area contributed by atoms with Gasteiger partial charge in [-0.25, -0.2) is 9.97 Å². The van der Waals surface area contributed by atoms with Crippen LogP contribution in [0.3, 0.4) is 0 Å². The summed E-state index contributed by atoms with van der Waals surface area (Å²) in [5.74, 6) is 1.37. The van der Waals surface area contributed by atoms with E-state index in [2.05, 4.69) is 29.2 Å². The highest BCUT2D eigenvalue weighted by Crippen LogP contribution is 2.34. The van der Waals surface area contributed by atoms with Crippen LogP contribution in [0.15, 0.2) is 24.3 Å². The minimum Gasteiger partial charge on any atom is -0.324 e. The number of aromatic nitrogens is 4. The molecule has 0 unspecified atom stereocenters. The van der Waals surface area contributed by atoms with E-state index in [-0.39, 0.29) is 5.78 Å². The fourth-order valence-corrected chi connectivity index (χ4v) is 4.20. The molecule has 0 aliphatic heterocycles. The molecule has 0 aliphatic carbocycles. The number of hydrogen-bond acceptors (Lipinski definition) is 6. The molecule has 1 aromatic carbocycles. The number of anilines is 2. The lowest BCUT2D eigenvalue weighted by Gasteiger charge is -2.08. The van der Waals surface area contributed by atoms with Crippen LogP contribution in [0, 0.1) is 13.8 Å². The number of hydrogen-bond donors (Lipinski definition) is 1. The first-order chi connectivity index (χ1) is 12.5. The molecule has 0 fully saturated rings. The summed E-state index contributed by atoms with van der Waals surface area (Å²) in [6.45, 7) is 7.72. The summed E-state index contributed by atoms with van der Waals surface area (Å²) in [7, 11) is 0. The summed E-state index contributed by atoms with van der Waals surface area (Å²) in [5.41, 5.74) is 3.58. The van der Waals surface area contributed by atoms with Gasteiger partial charge in [-0.3, -0.25) is 4.79 Å². The summed E-state index contributed by atoms with van der Waals surface area (Å²) in [6.07, 6.45) is 0.974. The van der Waals surface area contributed by atoms with Crippen LogP contribution >= 0.6 is 11.3 Å². The van der Waals surface area contributed by atoms with Gasteiger partial charge in [0.2, 0.25) is 5.95 Å². The molecule has 0 spiro atoms. The van der Waals surface area contributed by atoms with Crippen LogP contribution in [0.2, 0.25) is 0 Å². The topological polar surface area (TPSA) is 72.2 Å². The highest BCUT2D eigenvalue weighted by atomic mass is 32.1.